The Bertz CT molecular complexity index is 579. The molecule has 7 heteroatoms. The van der Waals surface area contributed by atoms with Crippen molar-refractivity contribution in [2.75, 3.05) is 13.1 Å². The number of aryl methyl sites for hydroxylation is 1. The standard InChI is InChI=1S/C12H16ClNO3S2/c1-7-4-11(18-12(7)13)19(16,17)14-5-8-2-3-10(15)9(8)6-14/h4,8-10,15H,2-3,5-6H2,1H3. The zero-order valence-electron chi connectivity index (χ0n) is 10.5. The molecule has 2 aliphatic rings. The van der Waals surface area contributed by atoms with Crippen molar-refractivity contribution in [3.8, 4) is 0 Å². The number of hydrogen-bond donors (Lipinski definition) is 1. The first-order valence-electron chi connectivity index (χ1n) is 6.33. The van der Waals surface area contributed by atoms with E-state index >= 15 is 0 Å². The molecule has 19 heavy (non-hydrogen) atoms. The number of aliphatic hydroxyl groups excluding tert-OH is 1. The smallest absolute Gasteiger partial charge is 0.252 e. The van der Waals surface area contributed by atoms with Crippen LogP contribution in [0.15, 0.2) is 10.3 Å². The van der Waals surface area contributed by atoms with Crippen LogP contribution in [0, 0.1) is 18.8 Å². The Morgan fingerprint density at radius 3 is 2.74 bits per heavy atom. The maximum atomic E-state index is 12.5. The molecular weight excluding hydrogens is 306 g/mol. The minimum atomic E-state index is -3.45. The first-order valence-corrected chi connectivity index (χ1v) is 8.97. The number of sulfonamides is 1. The average Bonchev–Trinajstić information content (AvgIpc) is 2.99. The summed E-state index contributed by atoms with van der Waals surface area (Å²) in [5.41, 5.74) is 0.796. The third-order valence-corrected chi connectivity index (χ3v) is 8.05. The Balaban J connectivity index is 1.86. The number of rotatable bonds is 2. The summed E-state index contributed by atoms with van der Waals surface area (Å²) in [5, 5.41) is 9.86. The van der Waals surface area contributed by atoms with Crippen LogP contribution in [0.2, 0.25) is 4.34 Å². The average molecular weight is 322 g/mol. The Morgan fingerprint density at radius 1 is 1.42 bits per heavy atom. The number of aliphatic hydroxyl groups is 1. The quantitative estimate of drug-likeness (QED) is 0.907. The van der Waals surface area contributed by atoms with Gasteiger partial charge in [-0.25, -0.2) is 8.42 Å². The van der Waals surface area contributed by atoms with E-state index in [2.05, 4.69) is 0 Å². The molecule has 0 bridgehead atoms. The lowest BCUT2D eigenvalue weighted by molar-refractivity contribution is 0.129. The Labute approximate surface area is 122 Å². The van der Waals surface area contributed by atoms with Crippen molar-refractivity contribution in [3.05, 3.63) is 16.0 Å². The molecule has 0 spiro atoms. The van der Waals surface area contributed by atoms with Crippen molar-refractivity contribution in [2.24, 2.45) is 11.8 Å². The second-order valence-electron chi connectivity index (χ2n) is 5.41. The highest BCUT2D eigenvalue weighted by Crippen LogP contribution is 2.41. The Hall–Kier alpha value is -0.140. The molecule has 106 valence electrons. The lowest BCUT2D eigenvalue weighted by Gasteiger charge is -2.17. The van der Waals surface area contributed by atoms with Crippen molar-refractivity contribution < 1.29 is 13.5 Å². The number of hydrogen-bond acceptors (Lipinski definition) is 4. The fraction of sp³-hybridized carbons (Fsp3) is 0.667. The zero-order chi connectivity index (χ0) is 13.8. The second-order valence-corrected chi connectivity index (χ2v) is 9.23. The predicted octanol–water partition coefficient (Wildman–Crippen LogP) is 2.10. The summed E-state index contributed by atoms with van der Waals surface area (Å²) in [6.07, 6.45) is 1.37. The SMILES string of the molecule is Cc1cc(S(=O)(=O)N2CC3CCC(O)C3C2)sc1Cl. The molecule has 1 aromatic rings. The molecule has 3 unspecified atom stereocenters. The summed E-state index contributed by atoms with van der Waals surface area (Å²) in [6.45, 7) is 2.77. The van der Waals surface area contributed by atoms with Gasteiger partial charge >= 0.3 is 0 Å². The van der Waals surface area contributed by atoms with E-state index in [9.17, 15) is 13.5 Å². The molecule has 2 heterocycles. The van der Waals surface area contributed by atoms with Crippen molar-refractivity contribution in [1.82, 2.24) is 4.31 Å². The summed E-state index contributed by atoms with van der Waals surface area (Å²) in [6, 6.07) is 1.63. The summed E-state index contributed by atoms with van der Waals surface area (Å²) in [5.74, 6) is 0.410. The van der Waals surface area contributed by atoms with Crippen LogP contribution in [0.4, 0.5) is 0 Å². The molecule has 4 nitrogen and oxygen atoms in total. The van der Waals surface area contributed by atoms with E-state index in [1.807, 2.05) is 0 Å². The van der Waals surface area contributed by atoms with Crippen molar-refractivity contribution in [3.63, 3.8) is 0 Å². The van der Waals surface area contributed by atoms with Gasteiger partial charge in [0.15, 0.2) is 0 Å². The van der Waals surface area contributed by atoms with E-state index in [4.69, 9.17) is 11.6 Å². The zero-order valence-corrected chi connectivity index (χ0v) is 12.9. The topological polar surface area (TPSA) is 57.6 Å². The molecule has 3 atom stereocenters. The summed E-state index contributed by atoms with van der Waals surface area (Å²) in [7, 11) is -3.45. The third kappa shape index (κ3) is 2.23. The largest absolute Gasteiger partial charge is 0.393 e. The first kappa shape index (κ1) is 13.8. The van der Waals surface area contributed by atoms with Crippen molar-refractivity contribution >= 4 is 33.0 Å². The number of thiophene rings is 1. The van der Waals surface area contributed by atoms with Gasteiger partial charge in [-0.2, -0.15) is 4.31 Å². The molecule has 1 aromatic heterocycles. The minimum Gasteiger partial charge on any atom is -0.393 e. The lowest BCUT2D eigenvalue weighted by atomic mass is 10.00. The van der Waals surface area contributed by atoms with Gasteiger partial charge in [-0.3, -0.25) is 0 Å². The molecule has 0 radical (unpaired) electrons. The Morgan fingerprint density at radius 2 is 2.16 bits per heavy atom. The van der Waals surface area contributed by atoms with E-state index in [0.717, 1.165) is 29.7 Å². The summed E-state index contributed by atoms with van der Waals surface area (Å²) in [4.78, 5) is 0. The van der Waals surface area contributed by atoms with Crippen LogP contribution in [0.5, 0.6) is 0 Å². The highest BCUT2D eigenvalue weighted by Gasteiger charge is 2.46. The maximum Gasteiger partial charge on any atom is 0.252 e. The molecule has 1 aliphatic heterocycles. The van der Waals surface area contributed by atoms with Crippen molar-refractivity contribution in [2.45, 2.75) is 30.1 Å². The molecule has 1 aliphatic carbocycles. The van der Waals surface area contributed by atoms with Crippen LogP contribution in [0.1, 0.15) is 18.4 Å². The van der Waals surface area contributed by atoms with E-state index in [0.29, 0.717) is 27.6 Å². The maximum absolute atomic E-state index is 12.5. The molecule has 3 rings (SSSR count). The van der Waals surface area contributed by atoms with Crippen LogP contribution < -0.4 is 0 Å². The molecular formula is C12H16ClNO3S2. The van der Waals surface area contributed by atoms with Crippen molar-refractivity contribution in [1.29, 1.82) is 0 Å². The first-order chi connectivity index (χ1) is 8.89. The predicted molar refractivity (Wildman–Crippen MR) is 75.0 cm³/mol. The molecule has 1 saturated heterocycles. The van der Waals surface area contributed by atoms with Gasteiger partial charge in [0.2, 0.25) is 0 Å². The van der Waals surface area contributed by atoms with Gasteiger partial charge in [0.05, 0.1) is 10.4 Å². The van der Waals surface area contributed by atoms with Gasteiger partial charge in [0.1, 0.15) is 4.21 Å². The number of nitrogens with zero attached hydrogens (tertiary/aromatic N) is 1. The van der Waals surface area contributed by atoms with Gasteiger partial charge in [-0.05, 0) is 37.3 Å². The molecule has 1 N–H and O–H groups in total. The molecule has 1 saturated carbocycles. The van der Waals surface area contributed by atoms with Gasteiger partial charge in [0, 0.05) is 19.0 Å². The molecule has 0 amide bonds. The van der Waals surface area contributed by atoms with E-state index < -0.39 is 10.0 Å². The number of fused-ring (bicyclic) bond motifs is 1. The minimum absolute atomic E-state index is 0.103. The fourth-order valence-corrected chi connectivity index (χ4v) is 6.48. The number of halogens is 1. The van der Waals surface area contributed by atoms with Gasteiger partial charge < -0.3 is 5.11 Å². The normalized spacial score (nSPS) is 31.8. The van der Waals surface area contributed by atoms with Gasteiger partial charge in [0.25, 0.3) is 10.0 Å². The fourth-order valence-electron chi connectivity index (χ4n) is 3.08. The van der Waals surface area contributed by atoms with Crippen LogP contribution in [0.25, 0.3) is 0 Å². The van der Waals surface area contributed by atoms with Crippen LogP contribution in [0.3, 0.4) is 0 Å². The summed E-state index contributed by atoms with van der Waals surface area (Å²) >= 11 is 7.07. The van der Waals surface area contributed by atoms with E-state index in [-0.39, 0.29) is 12.0 Å². The molecule has 0 aromatic carbocycles. The monoisotopic (exact) mass is 321 g/mol. The lowest BCUT2D eigenvalue weighted by Crippen LogP contribution is -2.30. The Kier molecular flexibility index (Phi) is 3.42. The van der Waals surface area contributed by atoms with E-state index in [1.54, 1.807) is 13.0 Å². The van der Waals surface area contributed by atoms with Crippen LogP contribution in [-0.2, 0) is 10.0 Å². The van der Waals surface area contributed by atoms with E-state index in [1.165, 1.54) is 4.31 Å². The third-order valence-electron chi connectivity index (χ3n) is 4.21. The second kappa shape index (κ2) is 4.70. The molecule has 2 fully saturated rings. The van der Waals surface area contributed by atoms with Crippen LogP contribution >= 0.6 is 22.9 Å². The highest BCUT2D eigenvalue weighted by molar-refractivity contribution is 7.91. The van der Waals surface area contributed by atoms with Gasteiger partial charge in [-0.15, -0.1) is 11.3 Å². The van der Waals surface area contributed by atoms with Crippen LogP contribution in [-0.4, -0.2) is 37.0 Å². The summed E-state index contributed by atoms with van der Waals surface area (Å²) < 4.78 is 27.4. The highest BCUT2D eigenvalue weighted by atomic mass is 35.5. The van der Waals surface area contributed by atoms with Gasteiger partial charge in [-0.1, -0.05) is 11.6 Å².